The lowest BCUT2D eigenvalue weighted by molar-refractivity contribution is -0.143. The van der Waals surface area contributed by atoms with E-state index in [1.54, 1.807) is 6.92 Å². The minimum atomic E-state index is -0.178. The smallest absolute Gasteiger partial charge is 0.305 e. The Morgan fingerprint density at radius 3 is 2.61 bits per heavy atom. The molecule has 3 heteroatoms. The van der Waals surface area contributed by atoms with Crippen LogP contribution in [0, 0.1) is 17.3 Å². The quantitative estimate of drug-likeness (QED) is 0.722. The van der Waals surface area contributed by atoms with Gasteiger partial charge in [-0.2, -0.15) is 0 Å². The zero-order chi connectivity index (χ0) is 13.8. The Balaban J connectivity index is 2.48. The summed E-state index contributed by atoms with van der Waals surface area (Å²) in [5.74, 6) is 0.803. The molecule has 0 aromatic rings. The Hall–Kier alpha value is -0.860. The zero-order valence-electron chi connectivity index (χ0n) is 12.1. The predicted molar refractivity (Wildman–Crippen MR) is 71.2 cm³/mol. The minimum absolute atomic E-state index is 0.0624. The SMILES string of the molecule is CCOC(=O)CC[C@H]1C[C@H](C(C)(C)C)CCC1=O. The highest BCUT2D eigenvalue weighted by molar-refractivity contribution is 5.82. The van der Waals surface area contributed by atoms with Crippen LogP contribution >= 0.6 is 0 Å². The van der Waals surface area contributed by atoms with Crippen molar-refractivity contribution in [3.63, 3.8) is 0 Å². The highest BCUT2D eigenvalue weighted by Crippen LogP contribution is 2.40. The molecule has 0 aromatic heterocycles. The molecule has 1 aliphatic rings. The molecule has 0 aromatic carbocycles. The maximum absolute atomic E-state index is 11.9. The van der Waals surface area contributed by atoms with Crippen LogP contribution in [0.1, 0.15) is 59.8 Å². The summed E-state index contributed by atoms with van der Waals surface area (Å²) in [7, 11) is 0. The number of ketones is 1. The van der Waals surface area contributed by atoms with Crippen molar-refractivity contribution in [1.29, 1.82) is 0 Å². The molecule has 0 amide bonds. The maximum atomic E-state index is 11.9. The van der Waals surface area contributed by atoms with Crippen LogP contribution in [0.2, 0.25) is 0 Å². The van der Waals surface area contributed by atoms with Gasteiger partial charge in [-0.3, -0.25) is 9.59 Å². The van der Waals surface area contributed by atoms with Crippen molar-refractivity contribution in [2.24, 2.45) is 17.3 Å². The normalized spacial score (nSPS) is 25.0. The Bertz CT molecular complexity index is 301. The number of ether oxygens (including phenoxy) is 1. The van der Waals surface area contributed by atoms with Crippen LogP contribution in [0.25, 0.3) is 0 Å². The lowest BCUT2D eigenvalue weighted by atomic mass is 9.68. The Morgan fingerprint density at radius 1 is 1.39 bits per heavy atom. The van der Waals surface area contributed by atoms with E-state index in [1.807, 2.05) is 0 Å². The molecule has 0 aliphatic heterocycles. The van der Waals surface area contributed by atoms with Crippen molar-refractivity contribution in [1.82, 2.24) is 0 Å². The molecule has 18 heavy (non-hydrogen) atoms. The second-order valence-corrected chi connectivity index (χ2v) is 6.34. The van der Waals surface area contributed by atoms with Gasteiger partial charge in [0.25, 0.3) is 0 Å². The summed E-state index contributed by atoms with van der Waals surface area (Å²) >= 11 is 0. The number of rotatable bonds is 4. The van der Waals surface area contributed by atoms with E-state index in [9.17, 15) is 9.59 Å². The third-order valence-corrected chi connectivity index (χ3v) is 3.99. The van der Waals surface area contributed by atoms with Gasteiger partial charge in [0.15, 0.2) is 0 Å². The first-order valence-electron chi connectivity index (χ1n) is 7.03. The molecule has 0 radical (unpaired) electrons. The third kappa shape index (κ3) is 4.43. The summed E-state index contributed by atoms with van der Waals surface area (Å²) in [5.41, 5.74) is 0.253. The highest BCUT2D eigenvalue weighted by atomic mass is 16.5. The zero-order valence-corrected chi connectivity index (χ0v) is 12.1. The number of hydrogen-bond donors (Lipinski definition) is 0. The van der Waals surface area contributed by atoms with E-state index in [1.165, 1.54) is 0 Å². The van der Waals surface area contributed by atoms with Crippen molar-refractivity contribution >= 4 is 11.8 Å². The topological polar surface area (TPSA) is 43.4 Å². The van der Waals surface area contributed by atoms with Crippen molar-refractivity contribution in [3.8, 4) is 0 Å². The van der Waals surface area contributed by atoms with Crippen molar-refractivity contribution < 1.29 is 14.3 Å². The molecule has 1 rings (SSSR count). The van der Waals surface area contributed by atoms with Gasteiger partial charge in [0, 0.05) is 18.8 Å². The van der Waals surface area contributed by atoms with Gasteiger partial charge in [0.2, 0.25) is 0 Å². The van der Waals surface area contributed by atoms with Gasteiger partial charge in [0.05, 0.1) is 6.61 Å². The van der Waals surface area contributed by atoms with E-state index in [2.05, 4.69) is 20.8 Å². The molecule has 0 heterocycles. The van der Waals surface area contributed by atoms with Crippen LogP contribution in [-0.4, -0.2) is 18.4 Å². The summed E-state index contributed by atoms with van der Waals surface area (Å²) in [6.07, 6.45) is 3.64. The lowest BCUT2D eigenvalue weighted by Crippen LogP contribution is -2.32. The largest absolute Gasteiger partial charge is 0.466 e. The molecule has 104 valence electrons. The second-order valence-electron chi connectivity index (χ2n) is 6.34. The number of hydrogen-bond acceptors (Lipinski definition) is 3. The standard InChI is InChI=1S/C15H26O3/c1-5-18-14(17)9-6-11-10-12(15(2,3)4)7-8-13(11)16/h11-12H,5-10H2,1-4H3/t11-,12+/m0/s1. The molecular formula is C15H26O3. The third-order valence-electron chi connectivity index (χ3n) is 3.99. The van der Waals surface area contributed by atoms with Crippen LogP contribution in [0.4, 0.5) is 0 Å². The lowest BCUT2D eigenvalue weighted by Gasteiger charge is -2.37. The summed E-state index contributed by atoms with van der Waals surface area (Å²) in [4.78, 5) is 23.2. The Kier molecular flexibility index (Phi) is 5.36. The number of carbonyl (C=O) groups is 2. The van der Waals surface area contributed by atoms with Crippen LogP contribution < -0.4 is 0 Å². The predicted octanol–water partition coefficient (Wildman–Crippen LogP) is 3.36. The van der Waals surface area contributed by atoms with Crippen molar-refractivity contribution in [2.45, 2.75) is 59.8 Å². The fourth-order valence-electron chi connectivity index (χ4n) is 2.70. The minimum Gasteiger partial charge on any atom is -0.466 e. The fraction of sp³-hybridized carbons (Fsp3) is 0.867. The van der Waals surface area contributed by atoms with E-state index < -0.39 is 0 Å². The van der Waals surface area contributed by atoms with Crippen LogP contribution in [-0.2, 0) is 14.3 Å². The first-order chi connectivity index (χ1) is 8.34. The highest BCUT2D eigenvalue weighted by Gasteiger charge is 2.34. The van der Waals surface area contributed by atoms with E-state index in [0.717, 1.165) is 12.8 Å². The van der Waals surface area contributed by atoms with Gasteiger partial charge in [0.1, 0.15) is 5.78 Å². The molecule has 3 nitrogen and oxygen atoms in total. The summed E-state index contributed by atoms with van der Waals surface area (Å²) in [6, 6.07) is 0. The maximum Gasteiger partial charge on any atom is 0.305 e. The Labute approximate surface area is 110 Å². The van der Waals surface area contributed by atoms with Gasteiger partial charge in [-0.15, -0.1) is 0 Å². The molecule has 0 unspecified atom stereocenters. The van der Waals surface area contributed by atoms with Crippen LogP contribution in [0.3, 0.4) is 0 Å². The van der Waals surface area contributed by atoms with Gasteiger partial charge in [-0.05, 0) is 37.5 Å². The van der Waals surface area contributed by atoms with Crippen LogP contribution in [0.5, 0.6) is 0 Å². The Morgan fingerprint density at radius 2 is 2.06 bits per heavy atom. The molecule has 1 saturated carbocycles. The van der Waals surface area contributed by atoms with Gasteiger partial charge >= 0.3 is 5.97 Å². The van der Waals surface area contributed by atoms with Gasteiger partial charge in [-0.25, -0.2) is 0 Å². The average Bonchev–Trinajstić information content (AvgIpc) is 2.26. The first kappa shape index (κ1) is 15.2. The average molecular weight is 254 g/mol. The summed E-state index contributed by atoms with van der Waals surface area (Å²) < 4.78 is 4.91. The number of esters is 1. The molecule has 0 bridgehead atoms. The molecule has 0 spiro atoms. The molecule has 2 atom stereocenters. The monoisotopic (exact) mass is 254 g/mol. The van der Waals surface area contributed by atoms with E-state index >= 15 is 0 Å². The number of Topliss-reactive ketones (excluding diaryl/α,β-unsaturated/α-hetero) is 1. The van der Waals surface area contributed by atoms with E-state index in [-0.39, 0.29) is 17.3 Å². The van der Waals surface area contributed by atoms with Crippen LogP contribution in [0.15, 0.2) is 0 Å². The van der Waals surface area contributed by atoms with E-state index in [4.69, 9.17) is 4.74 Å². The van der Waals surface area contributed by atoms with Crippen molar-refractivity contribution in [3.05, 3.63) is 0 Å². The second kappa shape index (κ2) is 6.35. The first-order valence-corrected chi connectivity index (χ1v) is 7.03. The van der Waals surface area contributed by atoms with E-state index in [0.29, 0.717) is 37.6 Å². The molecule has 1 aliphatic carbocycles. The van der Waals surface area contributed by atoms with Gasteiger partial charge < -0.3 is 4.74 Å². The molecular weight excluding hydrogens is 228 g/mol. The molecule has 0 N–H and O–H groups in total. The number of carbonyl (C=O) groups excluding carboxylic acids is 2. The van der Waals surface area contributed by atoms with Gasteiger partial charge in [-0.1, -0.05) is 20.8 Å². The summed E-state index contributed by atoms with van der Waals surface area (Å²) in [5, 5.41) is 0. The molecule has 1 fully saturated rings. The fourth-order valence-corrected chi connectivity index (χ4v) is 2.70. The summed E-state index contributed by atoms with van der Waals surface area (Å²) in [6.45, 7) is 8.92. The van der Waals surface area contributed by atoms with Crippen molar-refractivity contribution in [2.75, 3.05) is 6.61 Å². The molecule has 0 saturated heterocycles.